The second kappa shape index (κ2) is 16.8. The Kier molecular flexibility index (Phi) is 12.8. The molecule has 4 saturated heterocycles. The molecule has 13 nitrogen and oxygen atoms in total. The maximum atomic E-state index is 13.7. The number of carbonyl (C=O) groups is 1. The van der Waals surface area contributed by atoms with Gasteiger partial charge in [0.05, 0.1) is 49.8 Å². The molecule has 0 aromatic heterocycles. The highest BCUT2D eigenvalue weighted by atomic mass is 16.7. The van der Waals surface area contributed by atoms with Crippen LogP contribution in [0.2, 0.25) is 0 Å². The molecule has 13 heteroatoms. The minimum Gasteiger partial charge on any atom is -0.462 e. The number of esters is 1. The van der Waals surface area contributed by atoms with Crippen molar-refractivity contribution in [2.24, 2.45) is 11.8 Å². The number of hydrogen-bond acceptors (Lipinski definition) is 13. The summed E-state index contributed by atoms with van der Waals surface area (Å²) in [6.45, 7) is 10.1. The summed E-state index contributed by atoms with van der Waals surface area (Å²) in [7, 11) is 3.21. The zero-order valence-electron chi connectivity index (χ0n) is 31.4. The second-order valence-electron chi connectivity index (χ2n) is 15.3. The van der Waals surface area contributed by atoms with Crippen LogP contribution in [0.15, 0.2) is 47.1 Å². The number of rotatable bonds is 6. The topological polar surface area (TPSA) is 161 Å². The summed E-state index contributed by atoms with van der Waals surface area (Å²) in [5.41, 5.74) is 0.289. The number of aliphatic hydroxyl groups is 3. The molecule has 0 spiro atoms. The smallest absolute Gasteiger partial charge is 0.316 e. The number of fused-ring (bicyclic) bond motifs is 2. The molecule has 4 unspecified atom stereocenters. The van der Waals surface area contributed by atoms with Crippen molar-refractivity contribution in [3.05, 3.63) is 47.1 Å². The highest BCUT2D eigenvalue weighted by Crippen LogP contribution is 2.46. The van der Waals surface area contributed by atoms with Gasteiger partial charge < -0.3 is 58.0 Å². The van der Waals surface area contributed by atoms with Crippen molar-refractivity contribution < 1.29 is 62.7 Å². The first-order valence-electron chi connectivity index (χ1n) is 18.8. The Morgan fingerprint density at radius 1 is 0.885 bits per heavy atom. The molecule has 0 amide bonds. The first-order chi connectivity index (χ1) is 24.8. The van der Waals surface area contributed by atoms with Gasteiger partial charge in [0.1, 0.15) is 42.0 Å². The quantitative estimate of drug-likeness (QED) is 0.270. The minimum absolute atomic E-state index is 0.0625. The average molecular weight is 735 g/mol. The Hall–Kier alpha value is -2.01. The molecule has 1 aliphatic carbocycles. The molecular weight excluding hydrogens is 676 g/mol. The number of allylic oxidation sites excluding steroid dienone is 2. The maximum absolute atomic E-state index is 13.7. The van der Waals surface area contributed by atoms with E-state index in [4.69, 9.17) is 42.6 Å². The number of methoxy groups -OCH3 is 2. The largest absolute Gasteiger partial charge is 0.462 e. The SMILES string of the molecule is CO[C@H]1CC(O[C@H]2[C@H](C)O[C@@H](OC3/C(C)=C/C[C@@H]4C[C@@H](CCO4)OC(=O)[C@@H]4C=C(C)[C@@H](O)[C@H]5OC/C(=C\C=C\C3C)C54O)C[C@@H]2OC)O[C@@H](C)[C@@H]1O. The number of carbonyl (C=O) groups excluding carboxylic acids is 1. The third kappa shape index (κ3) is 8.16. The number of ether oxygens (including phenoxy) is 9. The van der Waals surface area contributed by atoms with Crippen molar-refractivity contribution in [1.29, 1.82) is 0 Å². The van der Waals surface area contributed by atoms with Gasteiger partial charge in [0.25, 0.3) is 0 Å². The van der Waals surface area contributed by atoms with E-state index in [0.717, 1.165) is 5.57 Å². The zero-order chi connectivity index (χ0) is 37.3. The van der Waals surface area contributed by atoms with Gasteiger partial charge in [-0.2, -0.15) is 0 Å². The number of aliphatic hydroxyl groups excluding tert-OH is 2. The van der Waals surface area contributed by atoms with E-state index in [2.05, 4.69) is 13.0 Å². The molecule has 2 bridgehead atoms. The second-order valence-corrected chi connectivity index (χ2v) is 15.3. The third-order valence-corrected chi connectivity index (χ3v) is 11.7. The monoisotopic (exact) mass is 734 g/mol. The lowest BCUT2D eigenvalue weighted by Crippen LogP contribution is -2.57. The first kappa shape index (κ1) is 39.7. The Bertz CT molecular complexity index is 1380. The predicted molar refractivity (Wildman–Crippen MR) is 187 cm³/mol. The molecular formula is C39H58O13. The van der Waals surface area contributed by atoms with Crippen molar-refractivity contribution in [3.63, 3.8) is 0 Å². The van der Waals surface area contributed by atoms with E-state index in [1.807, 2.05) is 26.0 Å². The maximum Gasteiger partial charge on any atom is 0.316 e. The summed E-state index contributed by atoms with van der Waals surface area (Å²) in [4.78, 5) is 13.7. The molecule has 6 rings (SSSR count). The Morgan fingerprint density at radius 2 is 1.60 bits per heavy atom. The normalized spacial score (nSPS) is 48.7. The van der Waals surface area contributed by atoms with Crippen molar-refractivity contribution in [1.82, 2.24) is 0 Å². The van der Waals surface area contributed by atoms with Gasteiger partial charge in [0.15, 0.2) is 12.6 Å². The van der Waals surface area contributed by atoms with Crippen molar-refractivity contribution in [2.75, 3.05) is 27.4 Å². The fourth-order valence-electron chi connectivity index (χ4n) is 8.54. The van der Waals surface area contributed by atoms with E-state index in [1.165, 1.54) is 0 Å². The van der Waals surface area contributed by atoms with Crippen molar-refractivity contribution >= 4 is 5.97 Å². The molecule has 0 radical (unpaired) electrons. The van der Waals surface area contributed by atoms with Crippen LogP contribution in [-0.4, -0.2) is 134 Å². The summed E-state index contributed by atoms with van der Waals surface area (Å²) >= 11 is 0. The van der Waals surface area contributed by atoms with Gasteiger partial charge in [-0.3, -0.25) is 4.79 Å². The van der Waals surface area contributed by atoms with Gasteiger partial charge in [0.2, 0.25) is 0 Å². The average Bonchev–Trinajstić information content (AvgIpc) is 3.46. The van der Waals surface area contributed by atoms with Crippen LogP contribution in [0.1, 0.15) is 66.7 Å². The van der Waals surface area contributed by atoms with E-state index >= 15 is 0 Å². The molecule has 0 aromatic rings. The standard InChI is InChI=1S/C39H58O13/c1-20-9-8-10-25-19-47-37-33(40)22(3)15-28(39(25,37)43)38(42)50-27-13-14-46-26(16-27)12-11-21(2)35(20)51-32-18-30(45-7)36(24(5)49-32)52-31-17-29(44-6)34(41)23(4)48-31/h8-11,15,20,23-24,26-37,40-41,43H,12-14,16-19H2,1-7H3/b9-8+,21-11+,25-10+/t20?,23-,24-,26+,27+,28-,29-,30-,31?,32-,33+,34-,35?,36-,37+,39?/m0/s1. The zero-order valence-corrected chi connectivity index (χ0v) is 31.4. The van der Waals surface area contributed by atoms with Crippen LogP contribution in [-0.2, 0) is 47.4 Å². The van der Waals surface area contributed by atoms with Gasteiger partial charge in [-0.05, 0) is 50.8 Å². The molecule has 4 fully saturated rings. The lowest BCUT2D eigenvalue weighted by Gasteiger charge is -2.44. The van der Waals surface area contributed by atoms with Crippen molar-refractivity contribution in [2.45, 2.75) is 152 Å². The highest BCUT2D eigenvalue weighted by molar-refractivity contribution is 5.78. The Balaban J connectivity index is 1.23. The summed E-state index contributed by atoms with van der Waals surface area (Å²) in [5.74, 6) is -1.70. The van der Waals surface area contributed by atoms with Crippen molar-refractivity contribution in [3.8, 4) is 0 Å². The van der Waals surface area contributed by atoms with Gasteiger partial charge in [0, 0.05) is 45.8 Å². The van der Waals surface area contributed by atoms with Crippen LogP contribution in [0.3, 0.4) is 0 Å². The highest BCUT2D eigenvalue weighted by Gasteiger charge is 2.59. The van der Waals surface area contributed by atoms with Crippen LogP contribution in [0.25, 0.3) is 0 Å². The van der Waals surface area contributed by atoms with Gasteiger partial charge >= 0.3 is 5.97 Å². The number of hydrogen-bond donors (Lipinski definition) is 3. The predicted octanol–water partition coefficient (Wildman–Crippen LogP) is 3.04. The molecule has 6 aliphatic rings. The van der Waals surface area contributed by atoms with Gasteiger partial charge in [-0.25, -0.2) is 0 Å². The molecule has 0 aromatic carbocycles. The molecule has 52 heavy (non-hydrogen) atoms. The van der Waals surface area contributed by atoms with E-state index < -0.39 is 72.8 Å². The molecule has 5 aliphatic heterocycles. The van der Waals surface area contributed by atoms with E-state index in [1.54, 1.807) is 40.2 Å². The van der Waals surface area contributed by atoms with Crippen LogP contribution < -0.4 is 0 Å². The molecule has 16 atom stereocenters. The summed E-state index contributed by atoms with van der Waals surface area (Å²) in [5, 5.41) is 33.5. The Morgan fingerprint density at radius 3 is 2.35 bits per heavy atom. The van der Waals surface area contributed by atoms with Gasteiger partial charge in [-0.1, -0.05) is 37.3 Å². The Labute approximate surface area is 306 Å². The summed E-state index contributed by atoms with van der Waals surface area (Å²) in [6.07, 6.45) is 4.85. The molecule has 292 valence electrons. The van der Waals surface area contributed by atoms with E-state index in [9.17, 15) is 20.1 Å². The van der Waals surface area contributed by atoms with Crippen LogP contribution in [0, 0.1) is 11.8 Å². The van der Waals surface area contributed by atoms with Gasteiger partial charge in [-0.15, -0.1) is 0 Å². The fraction of sp³-hybridized carbons (Fsp3) is 0.769. The van der Waals surface area contributed by atoms with Crippen LogP contribution >= 0.6 is 0 Å². The lowest BCUT2D eigenvalue weighted by molar-refractivity contribution is -0.318. The molecule has 5 heterocycles. The third-order valence-electron chi connectivity index (χ3n) is 11.7. The first-order valence-corrected chi connectivity index (χ1v) is 18.8. The lowest BCUT2D eigenvalue weighted by atomic mass is 9.71. The van der Waals surface area contributed by atoms with E-state index in [-0.39, 0.29) is 36.9 Å². The fourth-order valence-corrected chi connectivity index (χ4v) is 8.54. The van der Waals surface area contributed by atoms with E-state index in [0.29, 0.717) is 49.9 Å². The van der Waals surface area contributed by atoms with Crippen LogP contribution in [0.4, 0.5) is 0 Å². The summed E-state index contributed by atoms with van der Waals surface area (Å²) in [6, 6.07) is 0. The van der Waals surface area contributed by atoms with Crippen LogP contribution in [0.5, 0.6) is 0 Å². The molecule has 0 saturated carbocycles. The minimum atomic E-state index is -1.76. The molecule has 3 N–H and O–H groups in total. The summed E-state index contributed by atoms with van der Waals surface area (Å²) < 4.78 is 55.0.